The van der Waals surface area contributed by atoms with Crippen LogP contribution in [0.3, 0.4) is 0 Å². The Labute approximate surface area is 96.9 Å². The minimum atomic E-state index is -4.32. The van der Waals surface area contributed by atoms with Gasteiger partial charge in [-0.15, -0.1) is 0 Å². The summed E-state index contributed by atoms with van der Waals surface area (Å²) in [5.41, 5.74) is 8.09. The van der Waals surface area contributed by atoms with Crippen molar-refractivity contribution >= 4 is 13.4 Å². The van der Waals surface area contributed by atoms with E-state index < -0.39 is 44.2 Å². The van der Waals surface area contributed by atoms with Crippen LogP contribution in [0.25, 0.3) is 10.4 Å². The monoisotopic (exact) mass is 267 g/mol. The Morgan fingerprint density at radius 2 is 2.00 bits per heavy atom. The number of ketones is 1. The van der Waals surface area contributed by atoms with Crippen molar-refractivity contribution in [2.75, 3.05) is 6.16 Å². The van der Waals surface area contributed by atoms with Gasteiger partial charge in [-0.05, 0) is 5.53 Å². The molecule has 0 aliphatic heterocycles. The van der Waals surface area contributed by atoms with Gasteiger partial charge in [-0.1, -0.05) is 12.0 Å². The van der Waals surface area contributed by atoms with Gasteiger partial charge in [-0.25, -0.2) is 0 Å². The number of carbonyl (C=O) groups is 1. The highest BCUT2D eigenvalue weighted by atomic mass is 31.2. The number of hydrogen-bond donors (Lipinski definition) is 4. The smallest absolute Gasteiger partial charge is 0.326 e. The molecule has 4 N–H and O–H groups in total. The van der Waals surface area contributed by atoms with Crippen LogP contribution >= 0.6 is 7.60 Å². The van der Waals surface area contributed by atoms with Crippen LogP contribution in [0, 0.1) is 0 Å². The predicted octanol–water partition coefficient (Wildman–Crippen LogP) is -0.456. The fourth-order valence-corrected chi connectivity index (χ4v) is 1.52. The first-order chi connectivity index (χ1) is 7.69. The molecule has 0 heterocycles. The second kappa shape index (κ2) is 6.70. The first kappa shape index (κ1) is 16.1. The summed E-state index contributed by atoms with van der Waals surface area (Å²) >= 11 is 0. The third-order valence-electron chi connectivity index (χ3n) is 2.03. The number of hydrogen-bond acceptors (Lipinski definition) is 5. The molecule has 0 aliphatic rings. The molecule has 0 radical (unpaired) electrons. The van der Waals surface area contributed by atoms with E-state index in [1.54, 1.807) is 0 Å². The molecule has 0 spiro atoms. The zero-order valence-corrected chi connectivity index (χ0v) is 9.93. The van der Waals surface area contributed by atoms with Crippen molar-refractivity contribution in [2.45, 2.75) is 31.6 Å². The van der Waals surface area contributed by atoms with Gasteiger partial charge in [0.25, 0.3) is 0 Å². The molecule has 9 nitrogen and oxygen atoms in total. The van der Waals surface area contributed by atoms with Gasteiger partial charge >= 0.3 is 7.60 Å². The Hall–Kier alpha value is -0.950. The lowest BCUT2D eigenvalue weighted by atomic mass is 10.0. The maximum atomic E-state index is 11.3. The summed E-state index contributed by atoms with van der Waals surface area (Å²) in [5, 5.41) is 21.8. The zero-order chi connectivity index (χ0) is 13.6. The Morgan fingerprint density at radius 3 is 2.41 bits per heavy atom. The van der Waals surface area contributed by atoms with Gasteiger partial charge in [0.1, 0.15) is 6.10 Å². The number of rotatable bonds is 7. The molecule has 17 heavy (non-hydrogen) atoms. The molecule has 0 amide bonds. The van der Waals surface area contributed by atoms with Gasteiger partial charge in [0.15, 0.2) is 5.78 Å². The highest BCUT2D eigenvalue weighted by molar-refractivity contribution is 7.51. The van der Waals surface area contributed by atoms with Crippen molar-refractivity contribution in [3.63, 3.8) is 0 Å². The zero-order valence-electron chi connectivity index (χ0n) is 9.04. The molecule has 0 saturated carbocycles. The van der Waals surface area contributed by atoms with Gasteiger partial charge in [0, 0.05) is 11.3 Å². The van der Waals surface area contributed by atoms with Gasteiger partial charge in [0.2, 0.25) is 0 Å². The van der Waals surface area contributed by atoms with Crippen LogP contribution in [-0.2, 0) is 9.36 Å². The molecule has 0 fully saturated rings. The molecule has 10 heteroatoms. The average molecular weight is 267 g/mol. The summed E-state index contributed by atoms with van der Waals surface area (Å²) < 4.78 is 10.5. The lowest BCUT2D eigenvalue weighted by molar-refractivity contribution is -0.133. The molecule has 0 aromatic carbocycles. The number of aliphatic hydroxyl groups excluding tert-OH is 2. The van der Waals surface area contributed by atoms with E-state index in [0.717, 1.165) is 0 Å². The first-order valence-electron chi connectivity index (χ1n) is 4.66. The summed E-state index contributed by atoms with van der Waals surface area (Å²) in [6.45, 7) is 1.30. The Bertz CT molecular complexity index is 363. The van der Waals surface area contributed by atoms with Crippen LogP contribution in [0.5, 0.6) is 0 Å². The number of nitrogens with zero attached hydrogens (tertiary/aromatic N) is 3. The maximum absolute atomic E-state index is 11.3. The molecule has 0 rings (SSSR count). The van der Waals surface area contributed by atoms with Crippen LogP contribution < -0.4 is 0 Å². The highest BCUT2D eigenvalue weighted by Gasteiger charge is 2.29. The van der Waals surface area contributed by atoms with Crippen molar-refractivity contribution in [3.05, 3.63) is 10.4 Å². The SMILES string of the molecule is C[C@H](N=[N+]=[N-])C(O)C(O)C(=O)CCP(=O)(O)O. The number of carbonyl (C=O) groups excluding carboxylic acids is 1. The van der Waals surface area contributed by atoms with Crippen molar-refractivity contribution in [1.82, 2.24) is 0 Å². The van der Waals surface area contributed by atoms with Crippen LogP contribution in [-0.4, -0.2) is 50.2 Å². The third kappa shape index (κ3) is 6.38. The molecular formula is C7H14N3O6P. The summed E-state index contributed by atoms with van der Waals surface area (Å²) in [6, 6.07) is -1.02. The van der Waals surface area contributed by atoms with E-state index in [-0.39, 0.29) is 0 Å². The first-order valence-corrected chi connectivity index (χ1v) is 6.46. The molecule has 2 unspecified atom stereocenters. The molecule has 0 aromatic rings. The van der Waals surface area contributed by atoms with Crippen molar-refractivity contribution in [3.8, 4) is 0 Å². The molecular weight excluding hydrogens is 253 g/mol. The summed E-state index contributed by atoms with van der Waals surface area (Å²) in [5.74, 6) is -0.916. The average Bonchev–Trinajstić information content (AvgIpc) is 2.23. The Kier molecular flexibility index (Phi) is 6.33. The molecule has 0 saturated heterocycles. The van der Waals surface area contributed by atoms with Crippen LogP contribution in [0.15, 0.2) is 5.11 Å². The lowest BCUT2D eigenvalue weighted by Crippen LogP contribution is -2.40. The van der Waals surface area contributed by atoms with Gasteiger partial charge in [-0.3, -0.25) is 9.36 Å². The maximum Gasteiger partial charge on any atom is 0.326 e. The van der Waals surface area contributed by atoms with E-state index in [2.05, 4.69) is 10.0 Å². The fourth-order valence-electron chi connectivity index (χ4n) is 1.01. The lowest BCUT2D eigenvalue weighted by Gasteiger charge is -2.19. The van der Waals surface area contributed by atoms with E-state index in [4.69, 9.17) is 15.3 Å². The summed E-state index contributed by atoms with van der Waals surface area (Å²) in [4.78, 5) is 30.7. The molecule has 3 atom stereocenters. The molecule has 0 aromatic heterocycles. The Balaban J connectivity index is 4.39. The topological polar surface area (TPSA) is 164 Å². The van der Waals surface area contributed by atoms with Crippen molar-refractivity contribution < 1.29 is 29.4 Å². The third-order valence-corrected chi connectivity index (χ3v) is 2.84. The largest absolute Gasteiger partial charge is 0.390 e. The van der Waals surface area contributed by atoms with Crippen LogP contribution in [0.1, 0.15) is 13.3 Å². The molecule has 98 valence electrons. The minimum Gasteiger partial charge on any atom is -0.390 e. The second-order valence-electron chi connectivity index (χ2n) is 3.49. The van der Waals surface area contributed by atoms with Crippen LogP contribution in [0.4, 0.5) is 0 Å². The van der Waals surface area contributed by atoms with Crippen molar-refractivity contribution in [1.29, 1.82) is 0 Å². The van der Waals surface area contributed by atoms with Gasteiger partial charge < -0.3 is 20.0 Å². The highest BCUT2D eigenvalue weighted by Crippen LogP contribution is 2.35. The van der Waals surface area contributed by atoms with Gasteiger partial charge in [-0.2, -0.15) is 0 Å². The number of Topliss-reactive ketones (excluding diaryl/α,β-unsaturated/α-hetero) is 1. The normalized spacial score (nSPS) is 16.8. The Morgan fingerprint density at radius 1 is 1.47 bits per heavy atom. The number of azide groups is 1. The van der Waals surface area contributed by atoms with Crippen LogP contribution in [0.2, 0.25) is 0 Å². The van der Waals surface area contributed by atoms with E-state index in [0.29, 0.717) is 0 Å². The predicted molar refractivity (Wildman–Crippen MR) is 57.2 cm³/mol. The standard InChI is InChI=1S/C7H14N3O6P/c1-4(9-10-8)6(12)7(13)5(11)2-3-17(14,15)16/h4,6-7,12-13H,2-3H2,1H3,(H2,14,15,16)/t4-,6?,7?/m0/s1. The second-order valence-corrected chi connectivity index (χ2v) is 5.26. The number of aliphatic hydroxyl groups is 2. The van der Waals surface area contributed by atoms with Crippen molar-refractivity contribution in [2.24, 2.45) is 5.11 Å². The summed E-state index contributed by atoms with van der Waals surface area (Å²) in [7, 11) is -4.32. The molecule has 0 bridgehead atoms. The summed E-state index contributed by atoms with van der Waals surface area (Å²) in [6.07, 6.45) is -4.70. The van der Waals surface area contributed by atoms with E-state index >= 15 is 0 Å². The minimum absolute atomic E-state index is 0.564. The quantitative estimate of drug-likeness (QED) is 0.211. The van der Waals surface area contributed by atoms with E-state index in [9.17, 15) is 19.6 Å². The fraction of sp³-hybridized carbons (Fsp3) is 0.857. The molecule has 0 aliphatic carbocycles. The van der Waals surface area contributed by atoms with Gasteiger partial charge in [0.05, 0.1) is 18.3 Å². The van der Waals surface area contributed by atoms with E-state index in [1.807, 2.05) is 0 Å². The van der Waals surface area contributed by atoms with E-state index in [1.165, 1.54) is 6.92 Å².